The third-order valence-electron chi connectivity index (χ3n) is 13.0. The summed E-state index contributed by atoms with van der Waals surface area (Å²) in [6.45, 7) is 0. The molecule has 0 bridgehead atoms. The van der Waals surface area contributed by atoms with Crippen LogP contribution in [0.25, 0.3) is 76.7 Å². The molecule has 300 valence electrons. The molecule has 0 unspecified atom stereocenters. The quantitative estimate of drug-likeness (QED) is 0.152. The van der Waals surface area contributed by atoms with Crippen LogP contribution in [-0.4, -0.2) is 8.97 Å². The maximum absolute atomic E-state index is 2.51. The van der Waals surface area contributed by atoms with E-state index in [0.717, 1.165) is 50.9 Å². The molecule has 0 atom stereocenters. The molecule has 13 rings (SSSR count). The van der Waals surface area contributed by atoms with Crippen molar-refractivity contribution in [1.82, 2.24) is 8.97 Å². The maximum atomic E-state index is 2.51. The molecule has 0 saturated carbocycles. The van der Waals surface area contributed by atoms with Gasteiger partial charge in [0, 0.05) is 66.6 Å². The van der Waals surface area contributed by atoms with Crippen LogP contribution in [0.15, 0.2) is 243 Å². The molecule has 3 heterocycles. The molecule has 0 saturated heterocycles. The number of aromatic nitrogens is 2. The van der Waals surface area contributed by atoms with Crippen LogP contribution in [-0.2, 0) is 0 Å². The number of fused-ring (bicyclic) bond motifs is 5. The molecule has 13 aromatic rings. The lowest BCUT2D eigenvalue weighted by Crippen LogP contribution is -2.14. The third kappa shape index (κ3) is 5.49. The third-order valence-corrected chi connectivity index (χ3v) is 13.0. The monoisotopic (exact) mass is 816 g/mol. The minimum absolute atomic E-state index is 1.05. The highest BCUT2D eigenvalue weighted by Gasteiger charge is 2.24. The number of para-hydroxylation sites is 5. The predicted molar refractivity (Wildman–Crippen MR) is 270 cm³/mol. The Labute approximate surface area is 370 Å². The summed E-state index contributed by atoms with van der Waals surface area (Å²) in [6, 6.07) is 88.1. The Bertz CT molecular complexity index is 3810. The molecular formula is C60H40N4. The van der Waals surface area contributed by atoms with Crippen molar-refractivity contribution >= 4 is 94.0 Å². The number of rotatable bonds is 8. The van der Waals surface area contributed by atoms with Crippen LogP contribution in [0.4, 0.5) is 34.1 Å². The van der Waals surface area contributed by atoms with Crippen molar-refractivity contribution in [3.8, 4) is 16.8 Å². The van der Waals surface area contributed by atoms with Crippen LogP contribution in [0.3, 0.4) is 0 Å². The van der Waals surface area contributed by atoms with Crippen molar-refractivity contribution in [2.75, 3.05) is 9.80 Å². The molecule has 0 N–H and O–H groups in total. The fourth-order valence-electron chi connectivity index (χ4n) is 10.4. The highest BCUT2D eigenvalue weighted by Crippen LogP contribution is 2.47. The minimum atomic E-state index is 1.05. The maximum Gasteiger partial charge on any atom is 0.0619 e. The zero-order valence-electron chi connectivity index (χ0n) is 34.9. The van der Waals surface area contributed by atoms with Gasteiger partial charge in [0.1, 0.15) is 0 Å². The standard InChI is InChI=1S/C60H40N4/c1-4-19-41(20-5-1)48-29-10-12-34-53(48)62(45-26-14-25-44(39-45)61(42-21-6-2-7-22-42)43-23-8-3-9-24-43)46-27-15-28-47(40-46)63-55-36-17-31-50-52-33-16-32-51-49-30-11-13-35-54(49)64(60(51)52)57-38-18-37-56(63)59(57)58(50)55/h1-40H. The first kappa shape index (κ1) is 36.1. The molecule has 0 aliphatic heterocycles. The Morgan fingerprint density at radius 3 is 1.55 bits per heavy atom. The van der Waals surface area contributed by atoms with E-state index in [4.69, 9.17) is 0 Å². The second-order valence-electron chi connectivity index (χ2n) is 16.5. The van der Waals surface area contributed by atoms with E-state index in [0.29, 0.717) is 0 Å². The van der Waals surface area contributed by atoms with Gasteiger partial charge in [0.05, 0.1) is 33.3 Å². The topological polar surface area (TPSA) is 15.8 Å². The molecule has 0 aliphatic carbocycles. The van der Waals surface area contributed by atoms with Crippen molar-refractivity contribution in [3.63, 3.8) is 0 Å². The SMILES string of the molecule is c1ccc(-c2ccccc2N(c2cccc(N(c3ccccc3)c3ccccc3)c2)c2cccc(-n3c4cccc5c6cccc7c8ccccc8n(c8cccc3c8c54)c67)c2)cc1. The van der Waals surface area contributed by atoms with E-state index in [2.05, 4.69) is 261 Å². The summed E-state index contributed by atoms with van der Waals surface area (Å²) in [5, 5.41) is 7.61. The zero-order chi connectivity index (χ0) is 42.1. The number of hydrogen-bond donors (Lipinski definition) is 0. The van der Waals surface area contributed by atoms with E-state index in [1.54, 1.807) is 0 Å². The fraction of sp³-hybridized carbons (Fsp3) is 0. The predicted octanol–water partition coefficient (Wildman–Crippen LogP) is 16.5. The summed E-state index contributed by atoms with van der Waals surface area (Å²) < 4.78 is 4.98. The van der Waals surface area contributed by atoms with Crippen molar-refractivity contribution in [2.45, 2.75) is 0 Å². The van der Waals surface area contributed by atoms with Gasteiger partial charge in [-0.05, 0) is 102 Å². The molecule has 4 heteroatoms. The number of nitrogens with zero attached hydrogens (tertiary/aromatic N) is 4. The van der Waals surface area contributed by atoms with Crippen molar-refractivity contribution in [1.29, 1.82) is 0 Å². The van der Waals surface area contributed by atoms with Crippen LogP contribution >= 0.6 is 0 Å². The lowest BCUT2D eigenvalue weighted by Gasteiger charge is -2.31. The highest BCUT2D eigenvalue weighted by molar-refractivity contribution is 6.31. The molecule has 3 aromatic heterocycles. The summed E-state index contributed by atoms with van der Waals surface area (Å²) in [5.41, 5.74) is 15.9. The molecule has 64 heavy (non-hydrogen) atoms. The Balaban J connectivity index is 1.07. The van der Waals surface area contributed by atoms with Gasteiger partial charge in [0.15, 0.2) is 0 Å². The summed E-state index contributed by atoms with van der Waals surface area (Å²) in [4.78, 5) is 4.76. The van der Waals surface area contributed by atoms with E-state index in [9.17, 15) is 0 Å². The largest absolute Gasteiger partial charge is 0.310 e. The molecule has 10 aromatic carbocycles. The summed E-state index contributed by atoms with van der Waals surface area (Å²) in [7, 11) is 0. The van der Waals surface area contributed by atoms with Gasteiger partial charge in [-0.3, -0.25) is 0 Å². The molecule has 0 spiro atoms. The van der Waals surface area contributed by atoms with E-state index in [1.807, 2.05) is 0 Å². The van der Waals surface area contributed by atoms with Crippen LogP contribution in [0, 0.1) is 0 Å². The van der Waals surface area contributed by atoms with E-state index < -0.39 is 0 Å². The van der Waals surface area contributed by atoms with E-state index in [-0.39, 0.29) is 0 Å². The van der Waals surface area contributed by atoms with Crippen LogP contribution in [0.5, 0.6) is 0 Å². The molecule has 0 amide bonds. The highest BCUT2D eigenvalue weighted by atomic mass is 15.2. The van der Waals surface area contributed by atoms with Gasteiger partial charge in [-0.2, -0.15) is 0 Å². The Morgan fingerprint density at radius 2 is 0.781 bits per heavy atom. The van der Waals surface area contributed by atoms with Crippen LogP contribution in [0.2, 0.25) is 0 Å². The fourth-order valence-corrected chi connectivity index (χ4v) is 10.4. The Morgan fingerprint density at radius 1 is 0.297 bits per heavy atom. The lowest BCUT2D eigenvalue weighted by atomic mass is 10.0. The smallest absolute Gasteiger partial charge is 0.0619 e. The molecule has 0 fully saturated rings. The number of anilines is 6. The van der Waals surface area contributed by atoms with Crippen molar-refractivity contribution in [2.24, 2.45) is 0 Å². The van der Waals surface area contributed by atoms with Crippen LogP contribution in [0.1, 0.15) is 0 Å². The Hall–Kier alpha value is -8.60. The second-order valence-corrected chi connectivity index (χ2v) is 16.5. The summed E-state index contributed by atoms with van der Waals surface area (Å²) in [5.74, 6) is 0. The van der Waals surface area contributed by atoms with Gasteiger partial charge in [0.2, 0.25) is 0 Å². The molecule has 4 nitrogen and oxygen atoms in total. The zero-order valence-corrected chi connectivity index (χ0v) is 34.9. The second kappa shape index (κ2) is 14.5. The first-order valence-electron chi connectivity index (χ1n) is 21.9. The average Bonchev–Trinajstić information content (AvgIpc) is 3.85. The van der Waals surface area contributed by atoms with Gasteiger partial charge < -0.3 is 18.8 Å². The minimum Gasteiger partial charge on any atom is -0.310 e. The summed E-state index contributed by atoms with van der Waals surface area (Å²) in [6.07, 6.45) is 0. The van der Waals surface area contributed by atoms with Gasteiger partial charge >= 0.3 is 0 Å². The number of hydrogen-bond acceptors (Lipinski definition) is 2. The number of benzene rings is 10. The van der Waals surface area contributed by atoms with Gasteiger partial charge in [-0.25, -0.2) is 0 Å². The van der Waals surface area contributed by atoms with E-state index in [1.165, 1.54) is 59.9 Å². The summed E-state index contributed by atoms with van der Waals surface area (Å²) >= 11 is 0. The average molecular weight is 817 g/mol. The Kier molecular flexibility index (Phi) is 8.18. The van der Waals surface area contributed by atoms with E-state index >= 15 is 0 Å². The molecule has 0 radical (unpaired) electrons. The molecule has 0 aliphatic rings. The molecular weight excluding hydrogens is 777 g/mol. The van der Waals surface area contributed by atoms with Crippen LogP contribution < -0.4 is 9.80 Å². The van der Waals surface area contributed by atoms with Crippen molar-refractivity contribution in [3.05, 3.63) is 243 Å². The van der Waals surface area contributed by atoms with Gasteiger partial charge in [-0.15, -0.1) is 0 Å². The normalized spacial score (nSPS) is 11.8. The van der Waals surface area contributed by atoms with Gasteiger partial charge in [0.25, 0.3) is 0 Å². The first-order valence-corrected chi connectivity index (χ1v) is 21.9. The van der Waals surface area contributed by atoms with Crippen molar-refractivity contribution < 1.29 is 0 Å². The van der Waals surface area contributed by atoms with Gasteiger partial charge in [-0.1, -0.05) is 152 Å². The lowest BCUT2D eigenvalue weighted by molar-refractivity contribution is 1.17. The first-order chi connectivity index (χ1) is 31.8.